The fraction of sp³-hybridized carbons (Fsp3) is 0. The topological polar surface area (TPSA) is 30.9 Å². The molecule has 0 unspecified atom stereocenters. The Morgan fingerprint density at radius 2 is 1.08 bits per heavy atom. The third kappa shape index (κ3) is 3.21. The number of para-hydroxylation sites is 1. The van der Waals surface area contributed by atoms with Crippen molar-refractivity contribution in [1.29, 1.82) is 0 Å². The van der Waals surface area contributed by atoms with Crippen molar-refractivity contribution in [3.05, 3.63) is 127 Å². The van der Waals surface area contributed by atoms with Crippen LogP contribution < -0.4 is 50.5 Å². The Labute approximate surface area is 284 Å². The third-order valence-corrected chi connectivity index (χ3v) is 12.7. The maximum Gasteiger partial charge on any atom is 0.273 e. The Morgan fingerprint density at radius 1 is 0.479 bits per heavy atom. The number of anilines is 3. The van der Waals surface area contributed by atoms with Gasteiger partial charge in [0, 0.05) is 52.6 Å². The summed E-state index contributed by atoms with van der Waals surface area (Å²) in [5, 5.41) is 2.43. The Bertz CT molecular complexity index is 2700. The molecule has 4 nitrogen and oxygen atoms in total. The van der Waals surface area contributed by atoms with E-state index in [2.05, 4.69) is 126 Å². The van der Waals surface area contributed by atoms with Gasteiger partial charge in [0.1, 0.15) is 34.5 Å². The van der Waals surface area contributed by atoms with E-state index >= 15 is 0 Å². The largest absolute Gasteiger partial charge is 0.458 e. The highest BCUT2D eigenvalue weighted by Gasteiger charge is 2.47. The summed E-state index contributed by atoms with van der Waals surface area (Å²) in [4.78, 5) is 2.43. The first-order chi connectivity index (χ1) is 23.8. The van der Waals surface area contributed by atoms with Gasteiger partial charge in [0.2, 0.25) is 0 Å². The number of fused-ring (bicyclic) bond motifs is 12. The normalized spacial score (nSPS) is 14.2. The second-order valence-corrected chi connectivity index (χ2v) is 14.9. The van der Waals surface area contributed by atoms with E-state index in [1.54, 1.807) is 0 Å². The first kappa shape index (κ1) is 25.6. The van der Waals surface area contributed by atoms with E-state index in [4.69, 9.17) is 14.2 Å². The van der Waals surface area contributed by atoms with Crippen molar-refractivity contribution in [1.82, 2.24) is 0 Å². The van der Waals surface area contributed by atoms with Gasteiger partial charge in [0.05, 0.1) is 5.69 Å². The van der Waals surface area contributed by atoms with Gasteiger partial charge in [-0.15, -0.1) is 22.7 Å². The summed E-state index contributed by atoms with van der Waals surface area (Å²) in [5.41, 5.74) is 8.19. The highest BCUT2D eigenvalue weighted by molar-refractivity contribution is 7.34. The van der Waals surface area contributed by atoms with Crippen LogP contribution in [0.2, 0.25) is 0 Å². The number of hydrogen-bond donors (Lipinski definition) is 0. The second kappa shape index (κ2) is 9.13. The van der Waals surface area contributed by atoms with Crippen LogP contribution in [0.15, 0.2) is 127 Å². The standard InChI is InChI=1S/C40H21B2NO3S2/c1-2-10-22(11-3-1)43-27-14-8-15-28-35(27)41(39-37(43)23-12-4-6-18-33(23)47-39)25-20-26-32(21-31(25)44-28)45-29-16-9-17-30-36(29)42(26)40-38(46-30)24-13-5-7-19-34(24)48-40/h1-21H. The van der Waals surface area contributed by atoms with Crippen molar-refractivity contribution in [2.45, 2.75) is 0 Å². The maximum absolute atomic E-state index is 6.85. The highest BCUT2D eigenvalue weighted by Crippen LogP contribution is 2.47. The van der Waals surface area contributed by atoms with Gasteiger partial charge in [-0.3, -0.25) is 0 Å². The quantitative estimate of drug-likeness (QED) is 0.176. The summed E-state index contributed by atoms with van der Waals surface area (Å²) in [6, 6.07) is 45.2. The lowest BCUT2D eigenvalue weighted by Crippen LogP contribution is -2.61. The van der Waals surface area contributed by atoms with Crippen molar-refractivity contribution in [2.75, 3.05) is 4.90 Å². The van der Waals surface area contributed by atoms with Crippen LogP contribution in [0.25, 0.3) is 20.2 Å². The molecule has 0 saturated carbocycles. The number of rotatable bonds is 1. The summed E-state index contributed by atoms with van der Waals surface area (Å²) in [6.07, 6.45) is 0. The molecule has 0 aliphatic carbocycles. The molecule has 4 aliphatic heterocycles. The Hall–Kier alpha value is -5.43. The number of benzene rings is 6. The monoisotopic (exact) mass is 649 g/mol. The zero-order valence-corrected chi connectivity index (χ0v) is 26.9. The molecule has 6 heterocycles. The molecule has 0 saturated heterocycles. The molecule has 0 spiro atoms. The molecule has 8 heteroatoms. The van der Waals surface area contributed by atoms with E-state index in [0.29, 0.717) is 0 Å². The van der Waals surface area contributed by atoms with Crippen LogP contribution in [0.3, 0.4) is 0 Å². The average molecular weight is 649 g/mol. The van der Waals surface area contributed by atoms with Gasteiger partial charge in [0.25, 0.3) is 13.4 Å². The average Bonchev–Trinajstić information content (AvgIpc) is 3.70. The molecule has 48 heavy (non-hydrogen) atoms. The molecule has 0 N–H and O–H groups in total. The molecule has 2 aromatic heterocycles. The molecule has 8 aromatic rings. The van der Waals surface area contributed by atoms with Crippen molar-refractivity contribution >= 4 is 105 Å². The van der Waals surface area contributed by atoms with E-state index in [-0.39, 0.29) is 13.4 Å². The van der Waals surface area contributed by atoms with Crippen molar-refractivity contribution < 1.29 is 14.2 Å². The SMILES string of the molecule is c1ccc(N2c3cccc4c3B(c3cc5c(cc3O4)Oc3cccc4c3B5c3sc5ccccc5c3O4)c3sc4ccccc4c32)cc1. The van der Waals surface area contributed by atoms with Gasteiger partial charge in [-0.05, 0) is 71.0 Å². The minimum Gasteiger partial charge on any atom is -0.458 e. The number of nitrogens with zero attached hydrogens (tertiary/aromatic N) is 1. The smallest absolute Gasteiger partial charge is 0.273 e. The van der Waals surface area contributed by atoms with Gasteiger partial charge in [-0.1, -0.05) is 66.7 Å². The number of hydrogen-bond acceptors (Lipinski definition) is 6. The van der Waals surface area contributed by atoms with Gasteiger partial charge < -0.3 is 19.1 Å². The predicted octanol–water partition coefficient (Wildman–Crippen LogP) is 7.25. The first-order valence-electron chi connectivity index (χ1n) is 16.2. The van der Waals surface area contributed by atoms with E-state index in [0.717, 1.165) is 62.2 Å². The Balaban J connectivity index is 1.14. The first-order valence-corrected chi connectivity index (χ1v) is 17.8. The fourth-order valence-corrected chi connectivity index (χ4v) is 10.9. The van der Waals surface area contributed by atoms with Crippen LogP contribution in [-0.4, -0.2) is 13.4 Å². The molecule has 0 bridgehead atoms. The van der Waals surface area contributed by atoms with Crippen LogP contribution in [0.4, 0.5) is 17.1 Å². The van der Waals surface area contributed by atoms with Crippen molar-refractivity contribution in [3.8, 4) is 34.5 Å². The zero-order valence-electron chi connectivity index (χ0n) is 25.3. The van der Waals surface area contributed by atoms with Gasteiger partial charge in [-0.2, -0.15) is 0 Å². The summed E-state index contributed by atoms with van der Waals surface area (Å²) < 4.78 is 25.3. The van der Waals surface area contributed by atoms with Crippen LogP contribution in [-0.2, 0) is 0 Å². The van der Waals surface area contributed by atoms with Crippen LogP contribution >= 0.6 is 22.7 Å². The number of ether oxygens (including phenoxy) is 3. The fourth-order valence-electron chi connectivity index (χ4n) is 8.30. The molecule has 0 fully saturated rings. The lowest BCUT2D eigenvalue weighted by molar-refractivity contribution is 0.458. The summed E-state index contributed by atoms with van der Waals surface area (Å²) in [6.45, 7) is 0.00491. The third-order valence-electron chi connectivity index (χ3n) is 10.2. The molecule has 6 aromatic carbocycles. The van der Waals surface area contributed by atoms with Crippen molar-refractivity contribution in [3.63, 3.8) is 0 Å². The summed E-state index contributed by atoms with van der Waals surface area (Å²) in [5.74, 6) is 5.25. The van der Waals surface area contributed by atoms with E-state index < -0.39 is 0 Å². The highest BCUT2D eigenvalue weighted by atomic mass is 32.1. The van der Waals surface area contributed by atoms with Gasteiger partial charge in [0.15, 0.2) is 0 Å². The Kier molecular flexibility index (Phi) is 4.88. The molecule has 12 rings (SSSR count). The molecule has 0 radical (unpaired) electrons. The summed E-state index contributed by atoms with van der Waals surface area (Å²) in [7, 11) is 0. The van der Waals surface area contributed by atoms with Gasteiger partial charge in [-0.25, -0.2) is 0 Å². The maximum atomic E-state index is 6.85. The molecule has 0 atom stereocenters. The van der Waals surface area contributed by atoms with Crippen LogP contribution in [0.5, 0.6) is 34.5 Å². The molecule has 4 aliphatic rings. The predicted molar refractivity (Wildman–Crippen MR) is 201 cm³/mol. The Morgan fingerprint density at radius 3 is 1.88 bits per heavy atom. The van der Waals surface area contributed by atoms with Crippen LogP contribution in [0.1, 0.15) is 0 Å². The molecule has 0 amide bonds. The lowest BCUT2D eigenvalue weighted by atomic mass is 9.34. The minimum absolute atomic E-state index is 0.00525. The van der Waals surface area contributed by atoms with Crippen molar-refractivity contribution in [2.24, 2.45) is 0 Å². The summed E-state index contributed by atoms with van der Waals surface area (Å²) >= 11 is 3.71. The minimum atomic E-state index is -0.00525. The molecular weight excluding hydrogens is 628 g/mol. The molecular formula is C40H21B2NO3S2. The van der Waals surface area contributed by atoms with E-state index in [9.17, 15) is 0 Å². The number of thiophene rings is 2. The zero-order chi connectivity index (χ0) is 31.1. The second-order valence-electron chi connectivity index (χ2n) is 12.7. The van der Waals surface area contributed by atoms with Gasteiger partial charge >= 0.3 is 0 Å². The van der Waals surface area contributed by atoms with E-state index in [1.165, 1.54) is 41.0 Å². The molecule has 222 valence electrons. The lowest BCUT2D eigenvalue weighted by Gasteiger charge is -2.39. The van der Waals surface area contributed by atoms with Crippen LogP contribution in [0, 0.1) is 0 Å². The van der Waals surface area contributed by atoms with E-state index in [1.807, 2.05) is 28.7 Å².